The van der Waals surface area contributed by atoms with Crippen molar-refractivity contribution >= 4 is 58.6 Å². The average Bonchev–Trinajstić information content (AvgIpc) is 3.23. The molecular formula is C20H18Cl2N6O4S. The first kappa shape index (κ1) is 24.4. The van der Waals surface area contributed by atoms with Crippen molar-refractivity contribution in [1.29, 1.82) is 0 Å². The maximum Gasteiger partial charge on any atom is 0.425 e. The SMILES string of the molecule is COC(=O)NNC(=O)c1cc(Cl)cc(C)c1NC(=O)c1cc(SC)nn1-c1ncccc1Cl. The Bertz CT molecular complexity index is 1230. The Labute approximate surface area is 203 Å². The molecule has 0 atom stereocenters. The number of methoxy groups -OCH3 is 1. The van der Waals surface area contributed by atoms with Gasteiger partial charge in [-0.2, -0.15) is 5.10 Å². The minimum absolute atomic E-state index is 0.0248. The molecular weight excluding hydrogens is 491 g/mol. The van der Waals surface area contributed by atoms with Crippen LogP contribution in [0.1, 0.15) is 26.4 Å². The van der Waals surface area contributed by atoms with Crippen molar-refractivity contribution < 1.29 is 19.1 Å². The van der Waals surface area contributed by atoms with Crippen LogP contribution < -0.4 is 16.2 Å². The molecule has 0 bridgehead atoms. The van der Waals surface area contributed by atoms with Gasteiger partial charge in [-0.1, -0.05) is 23.2 Å². The number of hydrogen-bond acceptors (Lipinski definition) is 7. The van der Waals surface area contributed by atoms with Crippen molar-refractivity contribution in [2.45, 2.75) is 11.9 Å². The first-order valence-electron chi connectivity index (χ1n) is 9.26. The van der Waals surface area contributed by atoms with E-state index in [0.717, 1.165) is 7.11 Å². The molecule has 0 aliphatic heterocycles. The van der Waals surface area contributed by atoms with Crippen LogP contribution in [-0.4, -0.2) is 46.0 Å². The van der Waals surface area contributed by atoms with Crippen molar-refractivity contribution in [3.63, 3.8) is 0 Å². The van der Waals surface area contributed by atoms with Crippen LogP contribution in [-0.2, 0) is 4.74 Å². The summed E-state index contributed by atoms with van der Waals surface area (Å²) in [6, 6.07) is 7.82. The topological polar surface area (TPSA) is 127 Å². The van der Waals surface area contributed by atoms with E-state index in [9.17, 15) is 14.4 Å². The molecule has 0 saturated heterocycles. The molecule has 3 amide bonds. The summed E-state index contributed by atoms with van der Waals surface area (Å²) < 4.78 is 5.75. The van der Waals surface area contributed by atoms with E-state index in [-0.39, 0.29) is 27.8 Å². The maximum absolute atomic E-state index is 13.3. The van der Waals surface area contributed by atoms with Crippen molar-refractivity contribution in [1.82, 2.24) is 25.6 Å². The van der Waals surface area contributed by atoms with Crippen LogP contribution in [0.5, 0.6) is 0 Å². The third-order valence-corrected chi connectivity index (χ3v) is 5.45. The summed E-state index contributed by atoms with van der Waals surface area (Å²) in [5.74, 6) is -1.00. The normalized spacial score (nSPS) is 10.5. The van der Waals surface area contributed by atoms with Gasteiger partial charge < -0.3 is 10.1 Å². The Hall–Kier alpha value is -3.28. The van der Waals surface area contributed by atoms with E-state index >= 15 is 0 Å². The highest BCUT2D eigenvalue weighted by molar-refractivity contribution is 7.98. The van der Waals surface area contributed by atoms with Crippen molar-refractivity contribution in [2.24, 2.45) is 0 Å². The zero-order valence-corrected chi connectivity index (χ0v) is 19.9. The van der Waals surface area contributed by atoms with Gasteiger partial charge in [0.2, 0.25) is 0 Å². The Kier molecular flexibility index (Phi) is 7.79. The number of thioether (sulfide) groups is 1. The van der Waals surface area contributed by atoms with Crippen LogP contribution in [0.15, 0.2) is 41.6 Å². The van der Waals surface area contributed by atoms with Gasteiger partial charge in [0.05, 0.1) is 23.4 Å². The summed E-state index contributed by atoms with van der Waals surface area (Å²) in [4.78, 5) is 41.4. The molecule has 33 heavy (non-hydrogen) atoms. The van der Waals surface area contributed by atoms with Crippen LogP contribution in [0.2, 0.25) is 10.0 Å². The van der Waals surface area contributed by atoms with Crippen molar-refractivity contribution in [2.75, 3.05) is 18.7 Å². The molecule has 0 fully saturated rings. The zero-order valence-electron chi connectivity index (χ0n) is 17.6. The quantitative estimate of drug-likeness (QED) is 0.352. The van der Waals surface area contributed by atoms with Crippen molar-refractivity contribution in [3.05, 3.63) is 63.4 Å². The fourth-order valence-corrected chi connectivity index (χ4v) is 3.67. The Morgan fingerprint density at radius 2 is 1.88 bits per heavy atom. The summed E-state index contributed by atoms with van der Waals surface area (Å²) >= 11 is 13.7. The smallest absolute Gasteiger partial charge is 0.425 e. The fourth-order valence-electron chi connectivity index (χ4n) is 2.81. The summed E-state index contributed by atoms with van der Waals surface area (Å²) in [6.07, 6.45) is 2.48. The molecule has 13 heteroatoms. The van der Waals surface area contributed by atoms with Gasteiger partial charge in [-0.15, -0.1) is 11.8 Å². The van der Waals surface area contributed by atoms with E-state index in [0.29, 0.717) is 15.6 Å². The first-order chi connectivity index (χ1) is 15.7. The number of nitrogens with one attached hydrogen (secondary N) is 3. The van der Waals surface area contributed by atoms with Gasteiger partial charge in [-0.05, 0) is 43.0 Å². The summed E-state index contributed by atoms with van der Waals surface area (Å²) in [5, 5.41) is 8.25. The van der Waals surface area contributed by atoms with Gasteiger partial charge in [-0.25, -0.2) is 19.9 Å². The molecule has 0 radical (unpaired) electrons. The Balaban J connectivity index is 1.99. The van der Waals surface area contributed by atoms with E-state index in [4.69, 9.17) is 23.2 Å². The van der Waals surface area contributed by atoms with Crippen LogP contribution >= 0.6 is 35.0 Å². The minimum Gasteiger partial charge on any atom is -0.452 e. The number of amides is 3. The summed E-state index contributed by atoms with van der Waals surface area (Å²) in [7, 11) is 1.15. The number of hydrazine groups is 1. The third-order valence-electron chi connectivity index (χ3n) is 4.32. The number of ether oxygens (including phenoxy) is 1. The number of hydrogen-bond donors (Lipinski definition) is 3. The molecule has 0 unspecified atom stereocenters. The number of pyridine rings is 1. The molecule has 0 spiro atoms. The zero-order chi connectivity index (χ0) is 24.1. The van der Waals surface area contributed by atoms with E-state index < -0.39 is 17.9 Å². The molecule has 172 valence electrons. The predicted molar refractivity (Wildman–Crippen MR) is 125 cm³/mol. The van der Waals surface area contributed by atoms with Gasteiger partial charge in [0.25, 0.3) is 11.8 Å². The predicted octanol–water partition coefficient (Wildman–Crippen LogP) is 3.86. The molecule has 1 aromatic carbocycles. The molecule has 0 aliphatic rings. The van der Waals surface area contributed by atoms with E-state index in [2.05, 4.69) is 31.0 Å². The lowest BCUT2D eigenvalue weighted by atomic mass is 10.1. The molecule has 0 aliphatic carbocycles. The molecule has 3 rings (SSSR count). The van der Waals surface area contributed by atoms with Gasteiger partial charge in [0, 0.05) is 17.3 Å². The Morgan fingerprint density at radius 1 is 1.12 bits per heavy atom. The number of carbonyl (C=O) groups is 3. The summed E-state index contributed by atoms with van der Waals surface area (Å²) in [5.41, 5.74) is 5.15. The highest BCUT2D eigenvalue weighted by atomic mass is 35.5. The number of anilines is 1. The number of rotatable bonds is 5. The van der Waals surface area contributed by atoms with E-state index in [1.165, 1.54) is 28.7 Å². The first-order valence-corrected chi connectivity index (χ1v) is 11.2. The van der Waals surface area contributed by atoms with Crippen LogP contribution in [0.25, 0.3) is 5.82 Å². The Morgan fingerprint density at radius 3 is 2.55 bits per heavy atom. The number of aryl methyl sites for hydroxylation is 1. The van der Waals surface area contributed by atoms with Crippen LogP contribution in [0.4, 0.5) is 10.5 Å². The second kappa shape index (κ2) is 10.6. The van der Waals surface area contributed by atoms with Gasteiger partial charge in [0.1, 0.15) is 10.7 Å². The molecule has 0 saturated carbocycles. The number of benzene rings is 1. The molecule has 2 heterocycles. The molecule has 10 nitrogen and oxygen atoms in total. The lowest BCUT2D eigenvalue weighted by molar-refractivity contribution is 0.0921. The highest BCUT2D eigenvalue weighted by Gasteiger charge is 2.23. The van der Waals surface area contributed by atoms with E-state index in [1.54, 1.807) is 31.2 Å². The molecule has 3 N–H and O–H groups in total. The number of carbonyl (C=O) groups excluding carboxylic acids is 3. The van der Waals surface area contributed by atoms with Gasteiger partial charge >= 0.3 is 6.09 Å². The molecule has 3 aromatic rings. The summed E-state index contributed by atoms with van der Waals surface area (Å²) in [6.45, 7) is 1.67. The fraction of sp³-hybridized carbons (Fsp3) is 0.150. The average molecular weight is 509 g/mol. The number of halogens is 2. The van der Waals surface area contributed by atoms with Crippen LogP contribution in [0.3, 0.4) is 0 Å². The van der Waals surface area contributed by atoms with Gasteiger partial charge in [0.15, 0.2) is 5.82 Å². The second-order valence-corrected chi connectivity index (χ2v) is 8.13. The van der Waals surface area contributed by atoms with Crippen molar-refractivity contribution in [3.8, 4) is 5.82 Å². The number of aromatic nitrogens is 3. The minimum atomic E-state index is -0.867. The second-order valence-electron chi connectivity index (χ2n) is 6.46. The number of nitrogens with zero attached hydrogens (tertiary/aromatic N) is 3. The van der Waals surface area contributed by atoms with Gasteiger partial charge in [-0.3, -0.25) is 15.0 Å². The monoisotopic (exact) mass is 508 g/mol. The lowest BCUT2D eigenvalue weighted by Crippen LogP contribution is -2.41. The van der Waals surface area contributed by atoms with Crippen LogP contribution in [0, 0.1) is 6.92 Å². The molecule has 2 aromatic heterocycles. The lowest BCUT2D eigenvalue weighted by Gasteiger charge is -2.15. The highest BCUT2D eigenvalue weighted by Crippen LogP contribution is 2.28. The third kappa shape index (κ3) is 5.56. The standard InChI is InChI=1S/C20H18Cl2N6O4S/c1-10-7-11(21)8-12(18(29)25-26-20(31)32-2)16(10)24-19(30)14-9-15(33-3)27-28(14)17-13(22)5-4-6-23-17/h4-9H,1-3H3,(H,24,30)(H,25,29)(H,26,31). The maximum atomic E-state index is 13.3. The largest absolute Gasteiger partial charge is 0.452 e. The van der Waals surface area contributed by atoms with E-state index in [1.807, 2.05) is 6.26 Å².